The molecule has 0 bridgehead atoms. The number of hydrogen-bond acceptors (Lipinski definition) is 3. The van der Waals surface area contributed by atoms with Crippen LogP contribution in [0.2, 0.25) is 0 Å². The van der Waals surface area contributed by atoms with E-state index >= 15 is 0 Å². The van der Waals surface area contributed by atoms with Gasteiger partial charge in [-0.2, -0.15) is 0 Å². The predicted octanol–water partition coefficient (Wildman–Crippen LogP) is 1.37. The van der Waals surface area contributed by atoms with Crippen LogP contribution in [0, 0.1) is 6.92 Å². The molecule has 17 heavy (non-hydrogen) atoms. The molecule has 0 saturated heterocycles. The summed E-state index contributed by atoms with van der Waals surface area (Å²) < 4.78 is 0. The molecule has 1 aromatic carbocycles. The average Bonchev–Trinajstić information content (AvgIpc) is 2.15. The second kappa shape index (κ2) is 5.45. The van der Waals surface area contributed by atoms with Crippen LogP contribution in [-0.2, 0) is 4.79 Å². The van der Waals surface area contributed by atoms with Crippen molar-refractivity contribution in [3.05, 3.63) is 29.3 Å². The van der Waals surface area contributed by atoms with E-state index in [1.165, 1.54) is 6.07 Å². The van der Waals surface area contributed by atoms with Crippen molar-refractivity contribution in [2.24, 2.45) is 5.73 Å². The largest absolute Gasteiger partial charge is 0.478 e. The van der Waals surface area contributed by atoms with Crippen LogP contribution in [0.25, 0.3) is 0 Å². The molecule has 92 valence electrons. The number of carbonyl (C=O) groups is 2. The first kappa shape index (κ1) is 13.2. The Labute approximate surface area is 99.6 Å². The molecule has 0 aromatic heterocycles. The molecule has 1 amide bonds. The summed E-state index contributed by atoms with van der Waals surface area (Å²) in [5, 5.41) is 11.5. The number of anilines is 1. The molecule has 0 aliphatic heterocycles. The lowest BCUT2D eigenvalue weighted by molar-refractivity contribution is -0.116. The maximum absolute atomic E-state index is 11.4. The summed E-state index contributed by atoms with van der Waals surface area (Å²) in [5.41, 5.74) is 6.92. The van der Waals surface area contributed by atoms with Crippen molar-refractivity contribution in [3.8, 4) is 0 Å². The van der Waals surface area contributed by atoms with Gasteiger partial charge in [0.1, 0.15) is 0 Å². The van der Waals surface area contributed by atoms with Crippen LogP contribution in [-0.4, -0.2) is 23.0 Å². The van der Waals surface area contributed by atoms with Gasteiger partial charge in [-0.1, -0.05) is 0 Å². The first-order valence-electron chi connectivity index (χ1n) is 5.29. The molecule has 4 N–H and O–H groups in total. The third-order valence-corrected chi connectivity index (χ3v) is 2.25. The van der Waals surface area contributed by atoms with Gasteiger partial charge in [-0.15, -0.1) is 0 Å². The van der Waals surface area contributed by atoms with Gasteiger partial charge in [0.2, 0.25) is 5.91 Å². The number of hydrogen-bond donors (Lipinski definition) is 3. The number of carbonyl (C=O) groups excluding carboxylic acids is 1. The number of rotatable bonds is 4. The van der Waals surface area contributed by atoms with Crippen LogP contribution < -0.4 is 11.1 Å². The summed E-state index contributed by atoms with van der Waals surface area (Å²) >= 11 is 0. The molecule has 1 unspecified atom stereocenters. The average molecular weight is 236 g/mol. The summed E-state index contributed by atoms with van der Waals surface area (Å²) in [6.07, 6.45) is 0.236. The van der Waals surface area contributed by atoms with Crippen LogP contribution >= 0.6 is 0 Å². The van der Waals surface area contributed by atoms with Crippen molar-refractivity contribution < 1.29 is 14.7 Å². The summed E-state index contributed by atoms with van der Waals surface area (Å²) in [6.45, 7) is 3.43. The number of carboxylic acids is 1. The first-order valence-corrected chi connectivity index (χ1v) is 5.29. The van der Waals surface area contributed by atoms with Gasteiger partial charge in [-0.05, 0) is 37.6 Å². The Hall–Kier alpha value is -1.88. The smallest absolute Gasteiger partial charge is 0.335 e. The van der Waals surface area contributed by atoms with Gasteiger partial charge in [0.05, 0.1) is 5.56 Å². The number of amides is 1. The fourth-order valence-corrected chi connectivity index (χ4v) is 1.49. The molecule has 5 nitrogen and oxygen atoms in total. The van der Waals surface area contributed by atoms with Gasteiger partial charge in [-0.25, -0.2) is 4.79 Å². The number of aryl methyl sites for hydroxylation is 1. The van der Waals surface area contributed by atoms with Gasteiger partial charge >= 0.3 is 5.97 Å². The molecule has 0 aliphatic carbocycles. The maximum atomic E-state index is 11.4. The molecule has 5 heteroatoms. The standard InChI is InChI=1S/C12H16N2O3/c1-7-5-9(3-4-10(7)12(16)17)14-11(15)6-8(2)13/h3-5,8H,6,13H2,1-2H3,(H,14,15)(H,16,17). The minimum Gasteiger partial charge on any atom is -0.478 e. The Morgan fingerprint density at radius 3 is 2.59 bits per heavy atom. The zero-order valence-electron chi connectivity index (χ0n) is 9.86. The SMILES string of the molecule is Cc1cc(NC(=O)CC(C)N)ccc1C(=O)O. The fourth-order valence-electron chi connectivity index (χ4n) is 1.49. The number of aromatic carboxylic acids is 1. The van der Waals surface area contributed by atoms with E-state index in [9.17, 15) is 9.59 Å². The van der Waals surface area contributed by atoms with Crippen LogP contribution in [0.1, 0.15) is 29.3 Å². The molecule has 0 fully saturated rings. The second-order valence-electron chi connectivity index (χ2n) is 4.06. The van der Waals surface area contributed by atoms with E-state index in [1.54, 1.807) is 26.0 Å². The Kier molecular flexibility index (Phi) is 4.23. The predicted molar refractivity (Wildman–Crippen MR) is 65.0 cm³/mol. The van der Waals surface area contributed by atoms with Crippen molar-refractivity contribution in [2.45, 2.75) is 26.3 Å². The third-order valence-electron chi connectivity index (χ3n) is 2.25. The number of nitrogens with one attached hydrogen (secondary N) is 1. The van der Waals surface area contributed by atoms with E-state index in [2.05, 4.69) is 5.32 Å². The lowest BCUT2D eigenvalue weighted by Gasteiger charge is -2.09. The van der Waals surface area contributed by atoms with E-state index in [0.29, 0.717) is 11.3 Å². The number of benzene rings is 1. The lowest BCUT2D eigenvalue weighted by atomic mass is 10.1. The fraction of sp³-hybridized carbons (Fsp3) is 0.333. The van der Waals surface area contributed by atoms with E-state index in [1.807, 2.05) is 0 Å². The minimum absolute atomic E-state index is 0.178. The summed E-state index contributed by atoms with van der Waals surface area (Å²) in [4.78, 5) is 22.2. The van der Waals surface area contributed by atoms with Gasteiger partial charge in [0, 0.05) is 18.2 Å². The number of carboxylic acid groups (broad SMARTS) is 1. The van der Waals surface area contributed by atoms with Crippen molar-refractivity contribution in [3.63, 3.8) is 0 Å². The van der Waals surface area contributed by atoms with Gasteiger partial charge in [0.15, 0.2) is 0 Å². The first-order chi connectivity index (χ1) is 7.90. The van der Waals surface area contributed by atoms with Crippen LogP contribution in [0.5, 0.6) is 0 Å². The van der Waals surface area contributed by atoms with Gasteiger partial charge < -0.3 is 16.2 Å². The zero-order chi connectivity index (χ0) is 13.0. The van der Waals surface area contributed by atoms with E-state index in [0.717, 1.165) is 0 Å². The number of nitrogens with two attached hydrogens (primary N) is 1. The quantitative estimate of drug-likeness (QED) is 0.736. The lowest BCUT2D eigenvalue weighted by Crippen LogP contribution is -2.24. The minimum atomic E-state index is -0.976. The topological polar surface area (TPSA) is 92.4 Å². The van der Waals surface area contributed by atoms with E-state index < -0.39 is 5.97 Å². The summed E-state index contributed by atoms with van der Waals surface area (Å²) in [5.74, 6) is -1.15. The van der Waals surface area contributed by atoms with Gasteiger partial charge in [-0.3, -0.25) is 4.79 Å². The maximum Gasteiger partial charge on any atom is 0.335 e. The highest BCUT2D eigenvalue weighted by Gasteiger charge is 2.09. The van der Waals surface area contributed by atoms with E-state index in [-0.39, 0.29) is 23.9 Å². The van der Waals surface area contributed by atoms with Gasteiger partial charge in [0.25, 0.3) is 0 Å². The van der Waals surface area contributed by atoms with Crippen molar-refractivity contribution in [2.75, 3.05) is 5.32 Å². The molecule has 0 radical (unpaired) electrons. The monoisotopic (exact) mass is 236 g/mol. The normalized spacial score (nSPS) is 11.9. The molecule has 1 atom stereocenters. The molecule has 1 aromatic rings. The Morgan fingerprint density at radius 2 is 2.12 bits per heavy atom. The second-order valence-corrected chi connectivity index (χ2v) is 4.06. The van der Waals surface area contributed by atoms with Crippen LogP contribution in [0.4, 0.5) is 5.69 Å². The highest BCUT2D eigenvalue weighted by Crippen LogP contribution is 2.15. The summed E-state index contributed by atoms with van der Waals surface area (Å²) in [6, 6.07) is 4.46. The molecular weight excluding hydrogens is 220 g/mol. The Bertz CT molecular complexity index is 441. The van der Waals surface area contributed by atoms with Crippen molar-refractivity contribution in [1.82, 2.24) is 0 Å². The zero-order valence-corrected chi connectivity index (χ0v) is 9.86. The molecule has 0 spiro atoms. The highest BCUT2D eigenvalue weighted by atomic mass is 16.4. The Balaban J connectivity index is 2.77. The van der Waals surface area contributed by atoms with Crippen LogP contribution in [0.3, 0.4) is 0 Å². The van der Waals surface area contributed by atoms with Crippen molar-refractivity contribution >= 4 is 17.6 Å². The third kappa shape index (κ3) is 3.88. The summed E-state index contributed by atoms with van der Waals surface area (Å²) in [7, 11) is 0. The molecule has 1 rings (SSSR count). The highest BCUT2D eigenvalue weighted by molar-refractivity contribution is 5.93. The Morgan fingerprint density at radius 1 is 1.47 bits per heavy atom. The molecule has 0 saturated carbocycles. The van der Waals surface area contributed by atoms with Crippen LogP contribution in [0.15, 0.2) is 18.2 Å². The van der Waals surface area contributed by atoms with E-state index in [4.69, 9.17) is 10.8 Å². The van der Waals surface area contributed by atoms with Crippen molar-refractivity contribution in [1.29, 1.82) is 0 Å². The molecular formula is C12H16N2O3. The molecule has 0 aliphatic rings. The molecule has 0 heterocycles.